The fraction of sp³-hybridized carbons (Fsp3) is 0.467. The zero-order valence-corrected chi connectivity index (χ0v) is 12.2. The van der Waals surface area contributed by atoms with Crippen molar-refractivity contribution >= 4 is 17.4 Å². The van der Waals surface area contributed by atoms with E-state index >= 15 is 0 Å². The normalized spacial score (nSPS) is 22.6. The minimum atomic E-state index is -0.491. The Bertz CT molecular complexity index is 587. The van der Waals surface area contributed by atoms with Gasteiger partial charge in [0, 0.05) is 13.1 Å². The van der Waals surface area contributed by atoms with E-state index in [4.69, 9.17) is 9.47 Å². The lowest BCUT2D eigenvalue weighted by Gasteiger charge is -2.32. The van der Waals surface area contributed by atoms with Crippen LogP contribution in [0.2, 0.25) is 0 Å². The number of rotatable bonds is 3. The molecule has 3 rings (SSSR count). The van der Waals surface area contributed by atoms with Crippen LogP contribution in [0, 0.1) is 0 Å². The van der Waals surface area contributed by atoms with E-state index in [9.17, 15) is 9.59 Å². The van der Waals surface area contributed by atoms with Crippen molar-refractivity contribution in [3.8, 4) is 5.75 Å². The number of nitrogens with zero attached hydrogens (tertiary/aromatic N) is 2. The number of likely N-dealkylation sites (N-methyl/N-ethyl adjacent to an activating group) is 1. The fourth-order valence-electron chi connectivity index (χ4n) is 2.77. The number of fused-ring (bicyclic) bond motifs is 1. The Morgan fingerprint density at radius 2 is 2.19 bits per heavy atom. The van der Waals surface area contributed by atoms with Crippen LogP contribution in [-0.4, -0.2) is 63.1 Å². The summed E-state index contributed by atoms with van der Waals surface area (Å²) in [5, 5.41) is 0. The highest BCUT2D eigenvalue weighted by Crippen LogP contribution is 2.32. The second-order valence-electron chi connectivity index (χ2n) is 5.38. The van der Waals surface area contributed by atoms with Gasteiger partial charge >= 0.3 is 0 Å². The molecule has 112 valence electrons. The molecule has 1 amide bonds. The lowest BCUT2D eigenvalue weighted by molar-refractivity contribution is -0.115. The molecule has 1 saturated heterocycles. The molecule has 2 aliphatic heterocycles. The lowest BCUT2D eigenvalue weighted by atomic mass is 10.1. The summed E-state index contributed by atoms with van der Waals surface area (Å²) in [6.45, 7) is 2.68. The molecule has 6 nitrogen and oxygen atoms in total. The number of hydrogen-bond acceptors (Lipinski definition) is 5. The largest absolute Gasteiger partial charge is 0.497 e. The molecule has 1 fully saturated rings. The summed E-state index contributed by atoms with van der Waals surface area (Å²) < 4.78 is 10.8. The van der Waals surface area contributed by atoms with Gasteiger partial charge in [-0.2, -0.15) is 0 Å². The number of amides is 1. The smallest absolute Gasteiger partial charge is 0.299 e. The lowest BCUT2D eigenvalue weighted by Crippen LogP contribution is -2.47. The Morgan fingerprint density at radius 1 is 1.38 bits per heavy atom. The summed E-state index contributed by atoms with van der Waals surface area (Å²) in [7, 11) is 3.55. The number of hydrogen-bond donors (Lipinski definition) is 0. The van der Waals surface area contributed by atoms with E-state index in [0.717, 1.165) is 13.1 Å². The first-order chi connectivity index (χ1) is 10.1. The molecule has 0 bridgehead atoms. The Morgan fingerprint density at radius 3 is 2.90 bits per heavy atom. The van der Waals surface area contributed by atoms with Gasteiger partial charge in [0.05, 0.1) is 37.6 Å². The van der Waals surface area contributed by atoms with Crippen LogP contribution in [0.25, 0.3) is 0 Å². The monoisotopic (exact) mass is 290 g/mol. The van der Waals surface area contributed by atoms with E-state index in [-0.39, 0.29) is 6.10 Å². The molecule has 0 radical (unpaired) electrons. The van der Waals surface area contributed by atoms with Gasteiger partial charge in [-0.3, -0.25) is 9.59 Å². The van der Waals surface area contributed by atoms with Crippen molar-refractivity contribution in [2.45, 2.75) is 6.10 Å². The third-order valence-electron chi connectivity index (χ3n) is 3.91. The highest BCUT2D eigenvalue weighted by molar-refractivity contribution is 6.52. The van der Waals surface area contributed by atoms with Gasteiger partial charge in [0.1, 0.15) is 5.75 Å². The van der Waals surface area contributed by atoms with Crippen molar-refractivity contribution in [3.63, 3.8) is 0 Å². The average Bonchev–Trinajstić information content (AvgIpc) is 2.72. The zero-order valence-electron chi connectivity index (χ0n) is 12.2. The molecule has 0 aliphatic carbocycles. The summed E-state index contributed by atoms with van der Waals surface area (Å²) in [6, 6.07) is 5.12. The van der Waals surface area contributed by atoms with Gasteiger partial charge in [-0.1, -0.05) is 0 Å². The molecule has 0 saturated carbocycles. The van der Waals surface area contributed by atoms with Gasteiger partial charge in [0.2, 0.25) is 0 Å². The molecule has 6 heteroatoms. The van der Waals surface area contributed by atoms with Gasteiger partial charge in [-0.05, 0) is 25.2 Å². The number of anilines is 1. The molecule has 1 aromatic rings. The van der Waals surface area contributed by atoms with Crippen molar-refractivity contribution in [1.29, 1.82) is 0 Å². The zero-order chi connectivity index (χ0) is 15.0. The number of benzene rings is 1. The van der Waals surface area contributed by atoms with Gasteiger partial charge in [0.25, 0.3) is 11.7 Å². The highest BCUT2D eigenvalue weighted by Gasteiger charge is 2.37. The van der Waals surface area contributed by atoms with E-state index < -0.39 is 11.7 Å². The van der Waals surface area contributed by atoms with E-state index in [1.165, 1.54) is 12.0 Å². The molecule has 1 unspecified atom stereocenters. The average molecular weight is 290 g/mol. The van der Waals surface area contributed by atoms with E-state index in [1.54, 1.807) is 18.2 Å². The first-order valence-corrected chi connectivity index (χ1v) is 6.94. The first-order valence-electron chi connectivity index (χ1n) is 6.94. The quantitative estimate of drug-likeness (QED) is 0.761. The van der Waals surface area contributed by atoms with Crippen molar-refractivity contribution in [1.82, 2.24) is 4.90 Å². The van der Waals surface area contributed by atoms with Gasteiger partial charge in [-0.15, -0.1) is 0 Å². The van der Waals surface area contributed by atoms with Crippen LogP contribution >= 0.6 is 0 Å². The van der Waals surface area contributed by atoms with Crippen LogP contribution in [-0.2, 0) is 9.53 Å². The van der Waals surface area contributed by atoms with Crippen molar-refractivity contribution in [2.24, 2.45) is 0 Å². The maximum Gasteiger partial charge on any atom is 0.299 e. The van der Waals surface area contributed by atoms with E-state index in [1.807, 2.05) is 7.05 Å². The van der Waals surface area contributed by atoms with Crippen LogP contribution in [0.1, 0.15) is 10.4 Å². The predicted molar refractivity (Wildman–Crippen MR) is 76.9 cm³/mol. The van der Waals surface area contributed by atoms with E-state index in [0.29, 0.717) is 30.2 Å². The first kappa shape index (κ1) is 14.0. The van der Waals surface area contributed by atoms with Crippen LogP contribution in [0.3, 0.4) is 0 Å². The third-order valence-corrected chi connectivity index (χ3v) is 3.91. The Hall–Kier alpha value is -1.92. The molecular weight excluding hydrogens is 272 g/mol. The SMILES string of the molecule is COc1ccc2c(c1)C(=O)C(=O)N2CC1CN(C)CCO1. The summed E-state index contributed by atoms with van der Waals surface area (Å²) in [4.78, 5) is 27.9. The minimum absolute atomic E-state index is 0.0754. The number of ketones is 1. The Balaban J connectivity index is 1.84. The Labute approximate surface area is 123 Å². The van der Waals surface area contributed by atoms with Crippen molar-refractivity contribution < 1.29 is 19.1 Å². The van der Waals surface area contributed by atoms with Crippen molar-refractivity contribution in [3.05, 3.63) is 23.8 Å². The van der Waals surface area contributed by atoms with Crippen LogP contribution in [0.15, 0.2) is 18.2 Å². The summed E-state index contributed by atoms with van der Waals surface area (Å²) in [5.74, 6) is -0.395. The minimum Gasteiger partial charge on any atom is -0.497 e. The van der Waals surface area contributed by atoms with Crippen molar-refractivity contribution in [2.75, 3.05) is 45.3 Å². The molecule has 0 spiro atoms. The van der Waals surface area contributed by atoms with Gasteiger partial charge in [0.15, 0.2) is 0 Å². The second kappa shape index (κ2) is 5.46. The maximum atomic E-state index is 12.2. The standard InChI is InChI=1S/C15H18N2O4/c1-16-5-6-21-11(8-16)9-17-13-4-3-10(20-2)7-12(13)14(18)15(17)19/h3-4,7,11H,5-6,8-9H2,1-2H3. The number of methoxy groups -OCH3 is 1. The number of carbonyl (C=O) groups is 2. The van der Waals surface area contributed by atoms with Crippen LogP contribution in [0.5, 0.6) is 5.75 Å². The number of morpholine rings is 1. The van der Waals surface area contributed by atoms with Crippen LogP contribution < -0.4 is 9.64 Å². The topological polar surface area (TPSA) is 59.1 Å². The van der Waals surface area contributed by atoms with Crippen LogP contribution in [0.4, 0.5) is 5.69 Å². The molecule has 0 N–H and O–H groups in total. The molecule has 1 atom stereocenters. The highest BCUT2D eigenvalue weighted by atomic mass is 16.5. The van der Waals surface area contributed by atoms with Gasteiger partial charge < -0.3 is 19.3 Å². The molecule has 2 heterocycles. The third kappa shape index (κ3) is 2.52. The second-order valence-corrected chi connectivity index (χ2v) is 5.38. The molecular formula is C15H18N2O4. The molecule has 2 aliphatic rings. The summed E-state index contributed by atoms with van der Waals surface area (Å²) in [5.41, 5.74) is 1.05. The number of Topliss-reactive ketones (excluding diaryl/α,β-unsaturated/α-hetero) is 1. The molecule has 21 heavy (non-hydrogen) atoms. The number of carbonyl (C=O) groups excluding carboxylic acids is 2. The fourth-order valence-corrected chi connectivity index (χ4v) is 2.77. The summed E-state index contributed by atoms with van der Waals surface area (Å²) in [6.07, 6.45) is -0.0754. The van der Waals surface area contributed by atoms with E-state index in [2.05, 4.69) is 4.90 Å². The summed E-state index contributed by atoms with van der Waals surface area (Å²) >= 11 is 0. The number of ether oxygens (including phenoxy) is 2. The predicted octanol–water partition coefficient (Wildman–Crippen LogP) is 0.555. The molecule has 0 aromatic heterocycles. The molecule has 1 aromatic carbocycles. The van der Waals surface area contributed by atoms with Gasteiger partial charge in [-0.25, -0.2) is 0 Å². The Kier molecular flexibility index (Phi) is 3.65. The maximum absolute atomic E-state index is 12.2.